The van der Waals surface area contributed by atoms with Gasteiger partial charge in [0.05, 0.1) is 28.7 Å². The van der Waals surface area contributed by atoms with Gasteiger partial charge in [-0.15, -0.1) is 0 Å². The van der Waals surface area contributed by atoms with Crippen LogP contribution in [0.3, 0.4) is 0 Å². The van der Waals surface area contributed by atoms with E-state index in [0.717, 1.165) is 25.8 Å². The van der Waals surface area contributed by atoms with E-state index in [-0.39, 0.29) is 12.6 Å². The van der Waals surface area contributed by atoms with Gasteiger partial charge in [-0.25, -0.2) is 0 Å². The minimum atomic E-state index is -0.0779. The highest BCUT2D eigenvalue weighted by Crippen LogP contribution is 2.34. The first-order chi connectivity index (χ1) is 10.2. The van der Waals surface area contributed by atoms with Crippen molar-refractivity contribution < 1.29 is 9.84 Å². The Morgan fingerprint density at radius 1 is 1.14 bits per heavy atom. The molecule has 0 aromatic heterocycles. The van der Waals surface area contributed by atoms with Crippen molar-refractivity contribution in [2.75, 3.05) is 13.7 Å². The van der Waals surface area contributed by atoms with E-state index in [0.29, 0.717) is 6.54 Å². The average Bonchev–Trinajstić information content (AvgIpc) is 2.49. The Hall–Kier alpha value is -0.880. The molecular weight excluding hydrogens is 398 g/mol. The molecule has 0 radical (unpaired) electrons. The van der Waals surface area contributed by atoms with Crippen LogP contribution in [0.15, 0.2) is 51.4 Å². The molecule has 0 heterocycles. The lowest BCUT2D eigenvalue weighted by atomic mass is 10.1. The van der Waals surface area contributed by atoms with E-state index in [4.69, 9.17) is 4.74 Å². The van der Waals surface area contributed by atoms with Crippen molar-refractivity contribution >= 4 is 31.9 Å². The summed E-state index contributed by atoms with van der Waals surface area (Å²) in [5.74, 6) is 0.778. The van der Waals surface area contributed by atoms with Gasteiger partial charge in [0.25, 0.3) is 0 Å². The molecule has 0 aliphatic heterocycles. The third-order valence-electron chi connectivity index (χ3n) is 3.20. The second-order valence-electron chi connectivity index (χ2n) is 4.62. The molecule has 2 rings (SSSR count). The van der Waals surface area contributed by atoms with Gasteiger partial charge in [0.2, 0.25) is 0 Å². The van der Waals surface area contributed by atoms with E-state index in [1.54, 1.807) is 7.11 Å². The van der Waals surface area contributed by atoms with Crippen molar-refractivity contribution in [3.63, 3.8) is 0 Å². The van der Waals surface area contributed by atoms with Gasteiger partial charge in [-0.3, -0.25) is 0 Å². The van der Waals surface area contributed by atoms with Crippen LogP contribution in [0.25, 0.3) is 0 Å². The molecule has 112 valence electrons. The van der Waals surface area contributed by atoms with Crippen LogP contribution in [0.4, 0.5) is 0 Å². The van der Waals surface area contributed by atoms with E-state index >= 15 is 0 Å². The standard InChI is InChI=1S/C16H17Br2NO2/c1-21-16-13(17)7-11(8-14(16)18)9-19-15(10-20)12-5-3-2-4-6-12/h2-8,15,19-20H,9-10H2,1H3. The summed E-state index contributed by atoms with van der Waals surface area (Å²) in [6.07, 6.45) is 0. The summed E-state index contributed by atoms with van der Waals surface area (Å²) in [6, 6.07) is 13.9. The quantitative estimate of drug-likeness (QED) is 0.749. The normalized spacial score (nSPS) is 12.2. The molecule has 0 aliphatic rings. The Morgan fingerprint density at radius 3 is 2.29 bits per heavy atom. The molecule has 0 amide bonds. The molecule has 5 heteroatoms. The van der Waals surface area contributed by atoms with E-state index in [1.807, 2.05) is 42.5 Å². The van der Waals surface area contributed by atoms with Gasteiger partial charge in [-0.2, -0.15) is 0 Å². The van der Waals surface area contributed by atoms with Crippen molar-refractivity contribution in [1.29, 1.82) is 0 Å². The van der Waals surface area contributed by atoms with Gasteiger partial charge >= 0.3 is 0 Å². The van der Waals surface area contributed by atoms with Crippen molar-refractivity contribution in [2.24, 2.45) is 0 Å². The van der Waals surface area contributed by atoms with Crippen LogP contribution in [0, 0.1) is 0 Å². The summed E-state index contributed by atoms with van der Waals surface area (Å²) in [7, 11) is 1.64. The fraction of sp³-hybridized carbons (Fsp3) is 0.250. The van der Waals surface area contributed by atoms with Gasteiger partial charge in [-0.05, 0) is 55.1 Å². The van der Waals surface area contributed by atoms with Crippen molar-refractivity contribution in [3.05, 3.63) is 62.5 Å². The highest BCUT2D eigenvalue weighted by molar-refractivity contribution is 9.11. The molecule has 2 aromatic carbocycles. The molecule has 0 fully saturated rings. The maximum atomic E-state index is 9.55. The summed E-state index contributed by atoms with van der Waals surface area (Å²) in [6.45, 7) is 0.712. The van der Waals surface area contributed by atoms with Gasteiger partial charge in [-0.1, -0.05) is 30.3 Å². The molecule has 2 N–H and O–H groups in total. The first kappa shape index (κ1) is 16.5. The third kappa shape index (κ3) is 4.30. The maximum absolute atomic E-state index is 9.55. The number of methoxy groups -OCH3 is 1. The number of hydrogen-bond donors (Lipinski definition) is 2. The number of aliphatic hydroxyl groups excluding tert-OH is 1. The Labute approximate surface area is 141 Å². The fourth-order valence-electron chi connectivity index (χ4n) is 2.12. The van der Waals surface area contributed by atoms with Crippen LogP contribution in [-0.4, -0.2) is 18.8 Å². The third-order valence-corrected chi connectivity index (χ3v) is 4.38. The minimum Gasteiger partial charge on any atom is -0.494 e. The highest BCUT2D eigenvalue weighted by atomic mass is 79.9. The molecule has 1 unspecified atom stereocenters. The molecule has 2 aromatic rings. The lowest BCUT2D eigenvalue weighted by Crippen LogP contribution is -2.23. The summed E-state index contributed by atoms with van der Waals surface area (Å²) >= 11 is 6.99. The van der Waals surface area contributed by atoms with Crippen LogP contribution >= 0.6 is 31.9 Å². The number of rotatable bonds is 6. The predicted molar refractivity (Wildman–Crippen MR) is 91.5 cm³/mol. The zero-order valence-corrected chi connectivity index (χ0v) is 14.8. The molecule has 0 bridgehead atoms. The second-order valence-corrected chi connectivity index (χ2v) is 6.33. The van der Waals surface area contributed by atoms with Crippen molar-refractivity contribution in [3.8, 4) is 5.75 Å². The molecule has 0 spiro atoms. The zero-order chi connectivity index (χ0) is 15.2. The number of aliphatic hydroxyl groups is 1. The molecule has 3 nitrogen and oxygen atoms in total. The maximum Gasteiger partial charge on any atom is 0.147 e. The Balaban J connectivity index is 2.08. The SMILES string of the molecule is COc1c(Br)cc(CNC(CO)c2ccccc2)cc1Br. The lowest BCUT2D eigenvalue weighted by Gasteiger charge is -2.17. The van der Waals surface area contributed by atoms with Crippen molar-refractivity contribution in [1.82, 2.24) is 5.32 Å². The number of ether oxygens (including phenoxy) is 1. The van der Waals surface area contributed by atoms with Gasteiger partial charge in [0.15, 0.2) is 0 Å². The first-order valence-electron chi connectivity index (χ1n) is 6.56. The van der Waals surface area contributed by atoms with Gasteiger partial charge < -0.3 is 15.2 Å². The fourth-order valence-corrected chi connectivity index (χ4v) is 3.73. The van der Waals surface area contributed by atoms with Gasteiger partial charge in [0, 0.05) is 6.54 Å². The number of hydrogen-bond acceptors (Lipinski definition) is 3. The summed E-state index contributed by atoms with van der Waals surface area (Å²) < 4.78 is 7.09. The largest absolute Gasteiger partial charge is 0.494 e. The monoisotopic (exact) mass is 413 g/mol. The summed E-state index contributed by atoms with van der Waals surface area (Å²) in [4.78, 5) is 0. The second kappa shape index (κ2) is 7.94. The number of nitrogens with one attached hydrogen (secondary N) is 1. The average molecular weight is 415 g/mol. The number of benzene rings is 2. The topological polar surface area (TPSA) is 41.5 Å². The first-order valence-corrected chi connectivity index (χ1v) is 8.15. The van der Waals surface area contributed by atoms with Crippen LogP contribution in [0.5, 0.6) is 5.75 Å². The molecule has 0 aliphatic carbocycles. The molecular formula is C16H17Br2NO2. The van der Waals surface area contributed by atoms with E-state index < -0.39 is 0 Å². The van der Waals surface area contributed by atoms with Crippen LogP contribution in [-0.2, 0) is 6.54 Å². The Morgan fingerprint density at radius 2 is 1.76 bits per heavy atom. The van der Waals surface area contributed by atoms with E-state index in [9.17, 15) is 5.11 Å². The van der Waals surface area contributed by atoms with E-state index in [1.165, 1.54) is 0 Å². The minimum absolute atomic E-state index is 0.0580. The lowest BCUT2D eigenvalue weighted by molar-refractivity contribution is 0.243. The van der Waals surface area contributed by atoms with E-state index in [2.05, 4.69) is 37.2 Å². The zero-order valence-electron chi connectivity index (χ0n) is 11.6. The molecule has 0 saturated carbocycles. The van der Waals surface area contributed by atoms with Crippen molar-refractivity contribution in [2.45, 2.75) is 12.6 Å². The smallest absolute Gasteiger partial charge is 0.147 e. The number of halogens is 2. The van der Waals surface area contributed by atoms with Crippen LogP contribution in [0.2, 0.25) is 0 Å². The Bertz CT molecular complexity index is 567. The summed E-state index contributed by atoms with van der Waals surface area (Å²) in [5, 5.41) is 12.9. The van der Waals surface area contributed by atoms with Gasteiger partial charge in [0.1, 0.15) is 5.75 Å². The highest BCUT2D eigenvalue weighted by Gasteiger charge is 2.11. The van der Waals surface area contributed by atoms with Crippen LogP contribution < -0.4 is 10.1 Å². The molecule has 0 saturated heterocycles. The molecule has 1 atom stereocenters. The Kier molecular flexibility index (Phi) is 6.23. The predicted octanol–water partition coefficient (Wildman–Crippen LogP) is 4.04. The van der Waals surface area contributed by atoms with Crippen LogP contribution in [0.1, 0.15) is 17.2 Å². The summed E-state index contributed by atoms with van der Waals surface area (Å²) in [5.41, 5.74) is 2.18. The molecule has 21 heavy (non-hydrogen) atoms.